The molecule has 33 heavy (non-hydrogen) atoms. The van der Waals surface area contributed by atoms with Gasteiger partial charge in [-0.3, -0.25) is 19.2 Å². The molecule has 11 heteroatoms. The first-order valence-corrected chi connectivity index (χ1v) is 11.8. The Morgan fingerprint density at radius 2 is 2.06 bits per heavy atom. The van der Waals surface area contributed by atoms with Gasteiger partial charge >= 0.3 is 5.97 Å². The number of rotatable bonds is 8. The molecule has 1 unspecified atom stereocenters. The fraction of sp³-hybridized carbons (Fsp3) is 0.364. The molecular weight excluding hydrogens is 514 g/mol. The minimum Gasteiger partial charge on any atom is -0.469 e. The Morgan fingerprint density at radius 1 is 1.27 bits per heavy atom. The smallest absolute Gasteiger partial charge is 0.305 e. The van der Waals surface area contributed by atoms with Crippen LogP contribution in [0.4, 0.5) is 11.4 Å². The van der Waals surface area contributed by atoms with Crippen LogP contribution < -0.4 is 15.5 Å². The van der Waals surface area contributed by atoms with E-state index < -0.39 is 23.8 Å². The lowest BCUT2D eigenvalue weighted by Crippen LogP contribution is -2.44. The van der Waals surface area contributed by atoms with Crippen LogP contribution in [0.3, 0.4) is 0 Å². The second kappa shape index (κ2) is 11.4. The van der Waals surface area contributed by atoms with Crippen molar-refractivity contribution in [1.82, 2.24) is 5.32 Å². The number of methoxy groups -OCH3 is 1. The van der Waals surface area contributed by atoms with Gasteiger partial charge in [-0.25, -0.2) is 0 Å². The molecule has 2 N–H and O–H groups in total. The highest BCUT2D eigenvalue weighted by atomic mass is 79.9. The fourth-order valence-electron chi connectivity index (χ4n) is 3.34. The van der Waals surface area contributed by atoms with Gasteiger partial charge in [0.25, 0.3) is 11.8 Å². The summed E-state index contributed by atoms with van der Waals surface area (Å²) in [5, 5.41) is 5.48. The number of amides is 3. The Hall–Kier alpha value is -2.76. The van der Waals surface area contributed by atoms with Crippen LogP contribution in [0.15, 0.2) is 34.1 Å². The Balaban J connectivity index is 1.72. The number of carbonyl (C=O) groups is 4. The highest BCUT2D eigenvalue weighted by Gasteiger charge is 2.25. The molecule has 2 heterocycles. The molecular formula is C22H24BrN3O6S. The van der Waals surface area contributed by atoms with Crippen LogP contribution in [0, 0.1) is 6.92 Å². The predicted octanol–water partition coefficient (Wildman–Crippen LogP) is 2.87. The monoisotopic (exact) mass is 537 g/mol. The molecule has 0 spiro atoms. The maximum Gasteiger partial charge on any atom is 0.305 e. The first kappa shape index (κ1) is 24.9. The Morgan fingerprint density at radius 3 is 2.70 bits per heavy atom. The van der Waals surface area contributed by atoms with Crippen molar-refractivity contribution < 1.29 is 28.7 Å². The topological polar surface area (TPSA) is 114 Å². The number of hydrogen-bond donors (Lipinski definition) is 2. The maximum absolute atomic E-state index is 13.0. The van der Waals surface area contributed by atoms with Crippen LogP contribution in [0.2, 0.25) is 0 Å². The van der Waals surface area contributed by atoms with E-state index in [2.05, 4.69) is 31.3 Å². The number of nitrogens with zero attached hydrogens (tertiary/aromatic N) is 1. The SMILES string of the molecule is COC(=O)CCC(NC(=O)c1ccc(Br)s1)C(=O)Nc1ccc(N2CCOCC2=O)c(C)c1. The molecule has 3 rings (SSSR count). The molecule has 1 atom stereocenters. The van der Waals surface area contributed by atoms with Crippen molar-refractivity contribution in [2.45, 2.75) is 25.8 Å². The van der Waals surface area contributed by atoms with E-state index in [-0.39, 0.29) is 25.4 Å². The number of aryl methyl sites for hydroxylation is 1. The van der Waals surface area contributed by atoms with Gasteiger partial charge in [0.1, 0.15) is 12.6 Å². The van der Waals surface area contributed by atoms with E-state index >= 15 is 0 Å². The lowest BCUT2D eigenvalue weighted by molar-refractivity contribution is -0.140. The fourth-order valence-corrected chi connectivity index (χ4v) is 4.63. The third-order valence-electron chi connectivity index (χ3n) is 5.02. The van der Waals surface area contributed by atoms with Crippen molar-refractivity contribution in [2.24, 2.45) is 0 Å². The number of carbonyl (C=O) groups excluding carboxylic acids is 4. The molecule has 2 aromatic rings. The minimum atomic E-state index is -0.946. The number of halogens is 1. The molecule has 0 radical (unpaired) electrons. The van der Waals surface area contributed by atoms with E-state index in [0.29, 0.717) is 23.7 Å². The predicted molar refractivity (Wildman–Crippen MR) is 128 cm³/mol. The van der Waals surface area contributed by atoms with Gasteiger partial charge in [-0.15, -0.1) is 11.3 Å². The molecule has 3 amide bonds. The molecule has 1 saturated heterocycles. The maximum atomic E-state index is 13.0. The van der Waals surface area contributed by atoms with Gasteiger partial charge in [-0.2, -0.15) is 0 Å². The van der Waals surface area contributed by atoms with Crippen molar-refractivity contribution in [3.05, 3.63) is 44.6 Å². The molecule has 1 aromatic heterocycles. The summed E-state index contributed by atoms with van der Waals surface area (Å²) in [6.07, 6.45) is 0.0518. The van der Waals surface area contributed by atoms with Crippen LogP contribution >= 0.6 is 27.3 Å². The largest absolute Gasteiger partial charge is 0.469 e. The summed E-state index contributed by atoms with van der Waals surface area (Å²) in [7, 11) is 1.27. The lowest BCUT2D eigenvalue weighted by Gasteiger charge is -2.28. The second-order valence-corrected chi connectivity index (χ2v) is 9.80. The zero-order valence-corrected chi connectivity index (χ0v) is 20.6. The van der Waals surface area contributed by atoms with Gasteiger partial charge in [-0.05, 0) is 65.2 Å². The van der Waals surface area contributed by atoms with Gasteiger partial charge in [-0.1, -0.05) is 0 Å². The van der Waals surface area contributed by atoms with Crippen molar-refractivity contribution in [2.75, 3.05) is 37.1 Å². The van der Waals surface area contributed by atoms with Gasteiger partial charge in [0.15, 0.2) is 0 Å². The number of benzene rings is 1. The molecule has 9 nitrogen and oxygen atoms in total. The number of thiophene rings is 1. The van der Waals surface area contributed by atoms with Gasteiger partial charge in [0.05, 0.1) is 22.4 Å². The van der Waals surface area contributed by atoms with Crippen molar-refractivity contribution in [3.8, 4) is 0 Å². The third-order valence-corrected chi connectivity index (χ3v) is 6.65. The van der Waals surface area contributed by atoms with E-state index in [1.807, 2.05) is 6.92 Å². The zero-order valence-electron chi connectivity index (χ0n) is 18.2. The van der Waals surface area contributed by atoms with Crippen molar-refractivity contribution >= 4 is 62.3 Å². The quantitative estimate of drug-likeness (QED) is 0.500. The number of esters is 1. The summed E-state index contributed by atoms with van der Waals surface area (Å²) in [5.74, 6) is -1.46. The summed E-state index contributed by atoms with van der Waals surface area (Å²) in [6, 6.07) is 7.66. The van der Waals surface area contributed by atoms with Crippen LogP contribution in [0.25, 0.3) is 0 Å². The Kier molecular flexibility index (Phi) is 8.59. The Bertz CT molecular complexity index is 1060. The molecule has 0 bridgehead atoms. The first-order chi connectivity index (χ1) is 15.8. The number of ether oxygens (including phenoxy) is 2. The van der Waals surface area contributed by atoms with Gasteiger partial charge in [0.2, 0.25) is 5.91 Å². The summed E-state index contributed by atoms with van der Waals surface area (Å²) in [6.45, 7) is 2.82. The van der Waals surface area contributed by atoms with E-state index in [0.717, 1.165) is 15.0 Å². The first-order valence-electron chi connectivity index (χ1n) is 10.2. The molecule has 1 fully saturated rings. The number of anilines is 2. The van der Waals surface area contributed by atoms with Crippen LogP contribution in [0.5, 0.6) is 0 Å². The summed E-state index contributed by atoms with van der Waals surface area (Å²) >= 11 is 4.55. The molecule has 1 aliphatic heterocycles. The Labute approximate surface area is 203 Å². The van der Waals surface area contributed by atoms with Crippen LogP contribution in [-0.2, 0) is 23.9 Å². The zero-order chi connectivity index (χ0) is 24.0. The average molecular weight is 538 g/mol. The molecule has 1 aromatic carbocycles. The van der Waals surface area contributed by atoms with Crippen molar-refractivity contribution in [3.63, 3.8) is 0 Å². The summed E-state index contributed by atoms with van der Waals surface area (Å²) in [4.78, 5) is 51.4. The number of hydrogen-bond acceptors (Lipinski definition) is 7. The summed E-state index contributed by atoms with van der Waals surface area (Å²) < 4.78 is 10.6. The standard InChI is InChI=1S/C22H24BrN3O6S/c1-13-11-14(3-5-16(13)26-9-10-32-12-19(26)27)24-21(29)15(4-8-20(28)31-2)25-22(30)17-6-7-18(23)33-17/h3,5-7,11,15H,4,8-10,12H2,1-2H3,(H,24,29)(H,25,30). The molecule has 0 saturated carbocycles. The number of nitrogens with one attached hydrogen (secondary N) is 2. The molecule has 176 valence electrons. The third kappa shape index (κ3) is 6.62. The van der Waals surface area contributed by atoms with Crippen LogP contribution in [-0.4, -0.2) is 56.6 Å². The highest BCUT2D eigenvalue weighted by Crippen LogP contribution is 2.25. The molecule has 1 aliphatic rings. The van der Waals surface area contributed by atoms with E-state index in [9.17, 15) is 19.2 Å². The number of morpholine rings is 1. The second-order valence-electron chi connectivity index (χ2n) is 7.33. The van der Waals surface area contributed by atoms with Crippen LogP contribution in [0.1, 0.15) is 28.1 Å². The van der Waals surface area contributed by atoms with E-state index in [1.54, 1.807) is 35.2 Å². The van der Waals surface area contributed by atoms with E-state index in [1.165, 1.54) is 18.4 Å². The van der Waals surface area contributed by atoms with Gasteiger partial charge < -0.3 is 25.0 Å². The lowest BCUT2D eigenvalue weighted by atomic mass is 10.1. The average Bonchev–Trinajstić information content (AvgIpc) is 3.23. The summed E-state index contributed by atoms with van der Waals surface area (Å²) in [5.41, 5.74) is 2.07. The highest BCUT2D eigenvalue weighted by molar-refractivity contribution is 9.11. The minimum absolute atomic E-state index is 0.0277. The van der Waals surface area contributed by atoms with Crippen molar-refractivity contribution in [1.29, 1.82) is 0 Å². The van der Waals surface area contributed by atoms with Gasteiger partial charge in [0, 0.05) is 24.3 Å². The van der Waals surface area contributed by atoms with E-state index in [4.69, 9.17) is 4.74 Å². The molecule has 0 aliphatic carbocycles. The normalized spacial score (nSPS) is 14.5.